The van der Waals surface area contributed by atoms with Gasteiger partial charge >= 0.3 is 0 Å². The lowest BCUT2D eigenvalue weighted by molar-refractivity contribution is -0.384. The molecule has 0 saturated carbocycles. The molecular weight excluding hydrogens is 410 g/mol. The highest BCUT2D eigenvalue weighted by molar-refractivity contribution is 7.92. The monoisotopic (exact) mass is 427 g/mol. The quantitative estimate of drug-likeness (QED) is 0.437. The summed E-state index contributed by atoms with van der Waals surface area (Å²) in [6.07, 6.45) is 0. The Morgan fingerprint density at radius 2 is 1.73 bits per heavy atom. The molecule has 0 saturated heterocycles. The molecule has 0 spiro atoms. The number of ether oxygens (including phenoxy) is 1. The maximum Gasteiger partial charge on any atom is 0.271 e. The fraction of sp³-hybridized carbons (Fsp3) is 0.0500. The van der Waals surface area contributed by atoms with Gasteiger partial charge in [0.05, 0.1) is 22.6 Å². The number of nitro benzene ring substituents is 1. The third kappa shape index (κ3) is 4.73. The van der Waals surface area contributed by atoms with Gasteiger partial charge in [-0.15, -0.1) is 0 Å². The first-order valence-electron chi connectivity index (χ1n) is 8.62. The van der Waals surface area contributed by atoms with E-state index in [9.17, 15) is 23.3 Å². The van der Waals surface area contributed by atoms with E-state index in [1.165, 1.54) is 43.5 Å². The Labute approximate surface area is 172 Å². The summed E-state index contributed by atoms with van der Waals surface area (Å²) in [5, 5.41) is 13.5. The molecule has 0 radical (unpaired) electrons. The minimum atomic E-state index is -3.92. The van der Waals surface area contributed by atoms with E-state index in [0.717, 1.165) is 6.07 Å². The third-order valence-corrected chi connectivity index (χ3v) is 5.45. The number of sulfonamides is 1. The zero-order chi connectivity index (χ0) is 21.7. The minimum absolute atomic E-state index is 0.0551. The molecule has 3 aromatic carbocycles. The van der Waals surface area contributed by atoms with Crippen molar-refractivity contribution in [2.24, 2.45) is 0 Å². The normalized spacial score (nSPS) is 10.8. The van der Waals surface area contributed by atoms with E-state index in [-0.39, 0.29) is 27.6 Å². The molecule has 1 amide bonds. The zero-order valence-electron chi connectivity index (χ0n) is 15.7. The lowest BCUT2D eigenvalue weighted by Crippen LogP contribution is -2.16. The molecule has 10 heteroatoms. The third-order valence-electron chi connectivity index (χ3n) is 4.07. The van der Waals surface area contributed by atoms with Gasteiger partial charge < -0.3 is 10.1 Å². The van der Waals surface area contributed by atoms with Crippen molar-refractivity contribution in [2.45, 2.75) is 4.90 Å². The molecule has 0 aliphatic rings. The van der Waals surface area contributed by atoms with E-state index in [1.807, 2.05) is 0 Å². The highest BCUT2D eigenvalue weighted by Crippen LogP contribution is 2.29. The number of non-ortho nitro benzene ring substituents is 1. The van der Waals surface area contributed by atoms with Crippen LogP contribution in [0.25, 0.3) is 0 Å². The predicted octanol–water partition coefficient (Wildman–Crippen LogP) is 3.66. The number of nitro groups is 1. The summed E-state index contributed by atoms with van der Waals surface area (Å²) in [7, 11) is -2.56. The van der Waals surface area contributed by atoms with Gasteiger partial charge in [0.25, 0.3) is 21.6 Å². The van der Waals surface area contributed by atoms with Crippen LogP contribution in [0, 0.1) is 10.1 Å². The molecule has 30 heavy (non-hydrogen) atoms. The van der Waals surface area contributed by atoms with Crippen LogP contribution in [-0.2, 0) is 10.0 Å². The molecule has 0 aromatic heterocycles. The molecule has 2 N–H and O–H groups in total. The molecule has 0 aliphatic carbocycles. The van der Waals surface area contributed by atoms with Crippen molar-refractivity contribution < 1.29 is 22.9 Å². The molecule has 0 unspecified atom stereocenters. The Kier molecular flexibility index (Phi) is 5.98. The number of benzene rings is 3. The van der Waals surface area contributed by atoms with Gasteiger partial charge in [0, 0.05) is 23.4 Å². The van der Waals surface area contributed by atoms with Gasteiger partial charge in [-0.05, 0) is 36.4 Å². The number of carbonyl (C=O) groups is 1. The molecule has 0 heterocycles. The number of carbonyl (C=O) groups excluding carboxylic acids is 1. The Balaban J connectivity index is 1.86. The van der Waals surface area contributed by atoms with Gasteiger partial charge in [-0.1, -0.05) is 24.3 Å². The number of amides is 1. The van der Waals surface area contributed by atoms with Gasteiger partial charge in [0.15, 0.2) is 0 Å². The number of hydrogen-bond acceptors (Lipinski definition) is 6. The number of para-hydroxylation sites is 1. The molecule has 3 rings (SSSR count). The van der Waals surface area contributed by atoms with Crippen LogP contribution < -0.4 is 14.8 Å². The van der Waals surface area contributed by atoms with Crippen LogP contribution in [0.3, 0.4) is 0 Å². The van der Waals surface area contributed by atoms with Crippen molar-refractivity contribution in [3.8, 4) is 5.75 Å². The van der Waals surface area contributed by atoms with Crippen LogP contribution in [0.4, 0.5) is 17.1 Å². The summed E-state index contributed by atoms with van der Waals surface area (Å²) in [6, 6.07) is 17.5. The fourth-order valence-corrected chi connectivity index (χ4v) is 3.73. The Hall–Kier alpha value is -3.92. The molecule has 9 nitrogen and oxygen atoms in total. The summed E-state index contributed by atoms with van der Waals surface area (Å²) in [5.41, 5.74) is 0.301. The first kappa shape index (κ1) is 20.8. The lowest BCUT2D eigenvalue weighted by Gasteiger charge is -2.11. The van der Waals surface area contributed by atoms with Gasteiger partial charge in [-0.2, -0.15) is 0 Å². The smallest absolute Gasteiger partial charge is 0.271 e. The Morgan fingerprint density at radius 1 is 1.00 bits per heavy atom. The summed E-state index contributed by atoms with van der Waals surface area (Å²) in [5.74, 6) is -0.422. The second-order valence-corrected chi connectivity index (χ2v) is 7.78. The van der Waals surface area contributed by atoms with Gasteiger partial charge in [-0.25, -0.2) is 8.42 Å². The SMILES string of the molecule is COc1ccc([N+](=O)[O-])cc1NC(=O)c1cccc(S(=O)(=O)Nc2ccccc2)c1. The molecule has 0 fully saturated rings. The van der Waals surface area contributed by atoms with Gasteiger partial charge in [-0.3, -0.25) is 19.6 Å². The largest absolute Gasteiger partial charge is 0.495 e. The summed E-state index contributed by atoms with van der Waals surface area (Å²) < 4.78 is 32.8. The fourth-order valence-electron chi connectivity index (χ4n) is 2.63. The van der Waals surface area contributed by atoms with Crippen LogP contribution in [0.1, 0.15) is 10.4 Å². The van der Waals surface area contributed by atoms with Crippen LogP contribution >= 0.6 is 0 Å². The maximum absolute atomic E-state index is 12.6. The Bertz CT molecular complexity index is 1200. The van der Waals surface area contributed by atoms with E-state index in [4.69, 9.17) is 4.74 Å². The number of nitrogens with one attached hydrogen (secondary N) is 2. The topological polar surface area (TPSA) is 128 Å². The molecular formula is C20H17N3O6S. The maximum atomic E-state index is 12.6. The lowest BCUT2D eigenvalue weighted by atomic mass is 10.2. The number of rotatable bonds is 7. The standard InChI is InChI=1S/C20H17N3O6S/c1-29-19-11-10-16(23(25)26)13-18(19)21-20(24)14-6-5-9-17(12-14)30(27,28)22-15-7-3-2-4-8-15/h2-13,22H,1H3,(H,21,24). The van der Waals surface area contributed by atoms with Gasteiger partial charge in [0.2, 0.25) is 0 Å². The van der Waals surface area contributed by atoms with Crippen molar-refractivity contribution in [3.63, 3.8) is 0 Å². The summed E-state index contributed by atoms with van der Waals surface area (Å²) in [4.78, 5) is 22.9. The highest BCUT2D eigenvalue weighted by atomic mass is 32.2. The molecule has 0 aliphatic heterocycles. The van der Waals surface area contributed by atoms with Crippen molar-refractivity contribution in [1.29, 1.82) is 0 Å². The second-order valence-electron chi connectivity index (χ2n) is 6.10. The van der Waals surface area contributed by atoms with Gasteiger partial charge in [0.1, 0.15) is 5.75 Å². The number of methoxy groups -OCH3 is 1. The minimum Gasteiger partial charge on any atom is -0.495 e. The van der Waals surface area contributed by atoms with Crippen LogP contribution in [0.2, 0.25) is 0 Å². The van der Waals surface area contributed by atoms with Crippen LogP contribution in [0.15, 0.2) is 77.7 Å². The number of hydrogen-bond donors (Lipinski definition) is 2. The van der Waals surface area contributed by atoms with E-state index < -0.39 is 20.9 Å². The average molecular weight is 427 g/mol. The molecule has 3 aromatic rings. The molecule has 0 bridgehead atoms. The molecule has 0 atom stereocenters. The number of nitrogens with zero attached hydrogens (tertiary/aromatic N) is 1. The van der Waals surface area contributed by atoms with Crippen LogP contribution in [-0.4, -0.2) is 26.4 Å². The van der Waals surface area contributed by atoms with Crippen molar-refractivity contribution in [1.82, 2.24) is 0 Å². The zero-order valence-corrected chi connectivity index (χ0v) is 16.5. The second kappa shape index (κ2) is 8.62. The van der Waals surface area contributed by atoms with E-state index in [0.29, 0.717) is 5.69 Å². The molecule has 154 valence electrons. The summed E-state index contributed by atoms with van der Waals surface area (Å²) in [6.45, 7) is 0. The van der Waals surface area contributed by atoms with Crippen molar-refractivity contribution in [2.75, 3.05) is 17.1 Å². The van der Waals surface area contributed by atoms with E-state index >= 15 is 0 Å². The van der Waals surface area contributed by atoms with Crippen molar-refractivity contribution >= 4 is 33.0 Å². The first-order valence-corrected chi connectivity index (χ1v) is 10.1. The first-order chi connectivity index (χ1) is 14.3. The van der Waals surface area contributed by atoms with E-state index in [1.54, 1.807) is 30.3 Å². The number of anilines is 2. The van der Waals surface area contributed by atoms with E-state index in [2.05, 4.69) is 10.0 Å². The average Bonchev–Trinajstić information content (AvgIpc) is 2.74. The Morgan fingerprint density at radius 3 is 2.40 bits per heavy atom. The van der Waals surface area contributed by atoms with Crippen LogP contribution in [0.5, 0.6) is 5.75 Å². The highest BCUT2D eigenvalue weighted by Gasteiger charge is 2.18. The summed E-state index contributed by atoms with van der Waals surface area (Å²) >= 11 is 0. The predicted molar refractivity (Wildman–Crippen MR) is 111 cm³/mol. The van der Waals surface area contributed by atoms with Crippen molar-refractivity contribution in [3.05, 3.63) is 88.5 Å².